The molecule has 1 rings (SSSR count). The topological polar surface area (TPSA) is 73.5 Å². The lowest BCUT2D eigenvalue weighted by Gasteiger charge is -2.18. The Balaban J connectivity index is 2.86. The lowest BCUT2D eigenvalue weighted by Crippen LogP contribution is -2.30. The van der Waals surface area contributed by atoms with Crippen molar-refractivity contribution in [1.82, 2.24) is 10.6 Å². The van der Waals surface area contributed by atoms with Gasteiger partial charge in [0.15, 0.2) is 0 Å². The molecular formula is C17H28N4O2. The summed E-state index contributed by atoms with van der Waals surface area (Å²) in [6.07, 6.45) is 2.85. The van der Waals surface area contributed by atoms with E-state index in [0.717, 1.165) is 24.9 Å². The number of nitrogens with zero attached hydrogens (tertiary/aromatic N) is 1. The van der Waals surface area contributed by atoms with E-state index in [1.165, 1.54) is 0 Å². The molecule has 0 atom stereocenters. The van der Waals surface area contributed by atoms with Gasteiger partial charge in [0, 0.05) is 38.6 Å². The highest BCUT2D eigenvalue weighted by Gasteiger charge is 2.14. The molecule has 0 spiro atoms. The van der Waals surface area contributed by atoms with Crippen molar-refractivity contribution < 1.29 is 9.59 Å². The Bertz CT molecular complexity index is 529. The van der Waals surface area contributed by atoms with Gasteiger partial charge in [-0.3, -0.25) is 4.79 Å². The van der Waals surface area contributed by atoms with Gasteiger partial charge in [0.25, 0.3) is 5.91 Å². The molecule has 0 aromatic heterocycles. The lowest BCUT2D eigenvalue weighted by molar-refractivity contribution is 0.0954. The van der Waals surface area contributed by atoms with E-state index in [4.69, 9.17) is 0 Å². The zero-order chi connectivity index (χ0) is 17.2. The van der Waals surface area contributed by atoms with Crippen molar-refractivity contribution in [3.63, 3.8) is 0 Å². The molecule has 0 aliphatic rings. The maximum atomic E-state index is 12.3. The Kier molecular flexibility index (Phi) is 7.94. The summed E-state index contributed by atoms with van der Waals surface area (Å²) in [4.78, 5) is 26.0. The van der Waals surface area contributed by atoms with Crippen LogP contribution in [0.3, 0.4) is 0 Å². The molecule has 0 aliphatic carbocycles. The quantitative estimate of drug-likeness (QED) is 0.645. The molecule has 1 aromatic rings. The van der Waals surface area contributed by atoms with Gasteiger partial charge in [-0.05, 0) is 31.0 Å². The summed E-state index contributed by atoms with van der Waals surface area (Å²) in [5, 5.41) is 8.43. The van der Waals surface area contributed by atoms with Gasteiger partial charge in [0.05, 0.1) is 5.56 Å². The van der Waals surface area contributed by atoms with Gasteiger partial charge in [0.2, 0.25) is 0 Å². The number of nitrogens with one attached hydrogen (secondary N) is 3. The molecule has 0 fully saturated rings. The van der Waals surface area contributed by atoms with Crippen LogP contribution >= 0.6 is 0 Å². The molecule has 0 radical (unpaired) electrons. The van der Waals surface area contributed by atoms with Crippen LogP contribution in [0.15, 0.2) is 18.2 Å². The van der Waals surface area contributed by atoms with Crippen molar-refractivity contribution in [1.29, 1.82) is 0 Å². The molecule has 1 aromatic carbocycles. The second kappa shape index (κ2) is 9.71. The van der Waals surface area contributed by atoms with E-state index < -0.39 is 0 Å². The summed E-state index contributed by atoms with van der Waals surface area (Å²) < 4.78 is 0. The largest absolute Gasteiger partial charge is 0.377 e. The number of benzene rings is 1. The zero-order valence-corrected chi connectivity index (χ0v) is 14.5. The van der Waals surface area contributed by atoms with Crippen LogP contribution in [0, 0.1) is 0 Å². The highest BCUT2D eigenvalue weighted by atomic mass is 16.2. The van der Waals surface area contributed by atoms with E-state index in [-0.39, 0.29) is 11.9 Å². The van der Waals surface area contributed by atoms with Crippen LogP contribution < -0.4 is 20.9 Å². The average Bonchev–Trinajstić information content (AvgIpc) is 2.52. The maximum absolute atomic E-state index is 12.3. The predicted molar refractivity (Wildman–Crippen MR) is 95.3 cm³/mol. The van der Waals surface area contributed by atoms with E-state index in [1.807, 2.05) is 32.0 Å². The first-order valence-electron chi connectivity index (χ1n) is 8.14. The number of unbranched alkanes of at least 4 members (excludes halogenated alkanes) is 1. The molecular weight excluding hydrogens is 292 g/mol. The number of amides is 3. The van der Waals surface area contributed by atoms with Crippen molar-refractivity contribution in [2.75, 3.05) is 37.4 Å². The summed E-state index contributed by atoms with van der Waals surface area (Å²) >= 11 is 0. The first-order chi connectivity index (χ1) is 11.0. The molecule has 0 heterocycles. The summed E-state index contributed by atoms with van der Waals surface area (Å²) in [6.45, 7) is 5.34. The van der Waals surface area contributed by atoms with Crippen LogP contribution in [-0.2, 0) is 0 Å². The summed E-state index contributed by atoms with van der Waals surface area (Å²) in [5.74, 6) is -0.134. The van der Waals surface area contributed by atoms with Gasteiger partial charge in [0.1, 0.15) is 0 Å². The van der Waals surface area contributed by atoms with Crippen LogP contribution in [0.25, 0.3) is 0 Å². The van der Waals surface area contributed by atoms with Gasteiger partial charge < -0.3 is 20.9 Å². The highest BCUT2D eigenvalue weighted by molar-refractivity contribution is 6.01. The van der Waals surface area contributed by atoms with Gasteiger partial charge in [-0.25, -0.2) is 4.79 Å². The number of carbonyl (C=O) groups is 2. The van der Waals surface area contributed by atoms with Gasteiger partial charge in [-0.1, -0.05) is 20.3 Å². The van der Waals surface area contributed by atoms with Crippen LogP contribution in [0.5, 0.6) is 0 Å². The van der Waals surface area contributed by atoms with Gasteiger partial charge in [-0.2, -0.15) is 0 Å². The number of hydrogen-bond donors (Lipinski definition) is 3. The minimum absolute atomic E-state index is 0.134. The molecule has 0 saturated carbocycles. The molecule has 23 heavy (non-hydrogen) atoms. The third-order valence-corrected chi connectivity index (χ3v) is 3.33. The number of carbonyl (C=O) groups excluding carboxylic acids is 2. The van der Waals surface area contributed by atoms with Crippen molar-refractivity contribution in [2.24, 2.45) is 0 Å². The Hall–Kier alpha value is -2.24. The minimum Gasteiger partial charge on any atom is -0.377 e. The fraction of sp³-hybridized carbons (Fsp3) is 0.529. The number of anilines is 2. The Morgan fingerprint density at radius 2 is 1.78 bits per heavy atom. The van der Waals surface area contributed by atoms with E-state index in [2.05, 4.69) is 22.9 Å². The van der Waals surface area contributed by atoms with E-state index in [9.17, 15) is 9.59 Å². The first kappa shape index (κ1) is 18.8. The fourth-order valence-electron chi connectivity index (χ4n) is 2.07. The van der Waals surface area contributed by atoms with Crippen molar-refractivity contribution >= 4 is 23.3 Å². The molecule has 6 heteroatoms. The van der Waals surface area contributed by atoms with E-state index in [0.29, 0.717) is 24.3 Å². The van der Waals surface area contributed by atoms with Gasteiger partial charge in [-0.15, -0.1) is 0 Å². The Labute approximate surface area is 138 Å². The second-order valence-corrected chi connectivity index (χ2v) is 5.62. The van der Waals surface area contributed by atoms with Gasteiger partial charge >= 0.3 is 6.03 Å². The molecule has 3 amide bonds. The molecule has 6 nitrogen and oxygen atoms in total. The summed E-state index contributed by atoms with van der Waals surface area (Å²) in [5.41, 5.74) is 1.97. The minimum atomic E-state index is -0.254. The molecule has 0 aliphatic heterocycles. The summed E-state index contributed by atoms with van der Waals surface area (Å²) in [7, 11) is 3.77. The number of rotatable bonds is 8. The van der Waals surface area contributed by atoms with Crippen LogP contribution in [-0.4, -0.2) is 39.1 Å². The molecule has 3 N–H and O–H groups in total. The van der Waals surface area contributed by atoms with E-state index >= 15 is 0 Å². The SMILES string of the molecule is CCCCNC(=O)Nc1ccc(N(C)C)c(C(=O)NCCC)c1. The molecule has 0 bridgehead atoms. The molecule has 128 valence electrons. The average molecular weight is 320 g/mol. The van der Waals surface area contributed by atoms with Crippen molar-refractivity contribution in [3.8, 4) is 0 Å². The van der Waals surface area contributed by atoms with Crippen LogP contribution in [0.2, 0.25) is 0 Å². The Morgan fingerprint density at radius 1 is 1.04 bits per heavy atom. The highest BCUT2D eigenvalue weighted by Crippen LogP contribution is 2.23. The fourth-order valence-corrected chi connectivity index (χ4v) is 2.07. The first-order valence-corrected chi connectivity index (χ1v) is 8.14. The number of hydrogen-bond acceptors (Lipinski definition) is 3. The second-order valence-electron chi connectivity index (χ2n) is 5.62. The standard InChI is InChI=1S/C17H28N4O2/c1-5-7-11-19-17(23)20-13-8-9-15(21(3)4)14(12-13)16(22)18-10-6-2/h8-9,12H,5-7,10-11H2,1-4H3,(H,18,22)(H2,19,20,23). The Morgan fingerprint density at radius 3 is 2.39 bits per heavy atom. The third kappa shape index (κ3) is 6.18. The third-order valence-electron chi connectivity index (χ3n) is 3.33. The lowest BCUT2D eigenvalue weighted by atomic mass is 10.1. The predicted octanol–water partition coefficient (Wildman–Crippen LogP) is 2.81. The molecule has 0 saturated heterocycles. The maximum Gasteiger partial charge on any atom is 0.319 e. The van der Waals surface area contributed by atoms with Crippen LogP contribution in [0.4, 0.5) is 16.2 Å². The summed E-state index contributed by atoms with van der Waals surface area (Å²) in [6, 6.07) is 5.09. The number of urea groups is 1. The molecule has 0 unspecified atom stereocenters. The monoisotopic (exact) mass is 320 g/mol. The smallest absolute Gasteiger partial charge is 0.319 e. The van der Waals surface area contributed by atoms with Crippen molar-refractivity contribution in [2.45, 2.75) is 33.1 Å². The zero-order valence-electron chi connectivity index (χ0n) is 14.5. The normalized spacial score (nSPS) is 10.1. The van der Waals surface area contributed by atoms with Crippen molar-refractivity contribution in [3.05, 3.63) is 23.8 Å². The van der Waals surface area contributed by atoms with Crippen LogP contribution in [0.1, 0.15) is 43.5 Å². The van der Waals surface area contributed by atoms with E-state index in [1.54, 1.807) is 12.1 Å².